The van der Waals surface area contributed by atoms with Crippen LogP contribution >= 0.6 is 0 Å². The molecule has 5 rings (SSSR count). The highest BCUT2D eigenvalue weighted by atomic mass is 16.5. The minimum absolute atomic E-state index is 0.0120. The molecule has 0 radical (unpaired) electrons. The zero-order chi connectivity index (χ0) is 18.9. The molecule has 28 heavy (non-hydrogen) atoms. The maximum Gasteiger partial charge on any atom is 0.274 e. The maximum absolute atomic E-state index is 13.2. The molecule has 1 aromatic heterocycles. The number of hydrogen-bond donors (Lipinski definition) is 0. The van der Waals surface area contributed by atoms with Crippen LogP contribution < -0.4 is 9.47 Å². The van der Waals surface area contributed by atoms with Crippen molar-refractivity contribution in [2.45, 2.75) is 25.3 Å². The topological polar surface area (TPSA) is 64.6 Å². The Kier molecular flexibility index (Phi) is 4.31. The van der Waals surface area contributed by atoms with Gasteiger partial charge in [-0.25, -0.2) is 4.98 Å². The summed E-state index contributed by atoms with van der Waals surface area (Å²) in [5.74, 6) is 1.46. The van der Waals surface area contributed by atoms with Crippen molar-refractivity contribution in [1.29, 1.82) is 0 Å². The van der Waals surface area contributed by atoms with Crippen LogP contribution in [0.25, 0.3) is 11.0 Å². The van der Waals surface area contributed by atoms with Crippen LogP contribution in [0.2, 0.25) is 0 Å². The third-order valence-corrected chi connectivity index (χ3v) is 5.34. The number of carbonyl (C=O) groups excluding carboxylic acids is 1. The molecular formula is C22H21N3O3. The lowest BCUT2D eigenvalue weighted by Crippen LogP contribution is -2.31. The molecule has 0 aliphatic carbocycles. The molecule has 1 unspecified atom stereocenters. The SMILES string of the molecule is O=C(c1cnc2ccccc2n1)N1CCCC1c1ccc2c(c1)OCCCO2. The molecule has 0 N–H and O–H groups in total. The van der Waals surface area contributed by atoms with E-state index in [-0.39, 0.29) is 11.9 Å². The van der Waals surface area contributed by atoms with E-state index in [0.717, 1.165) is 47.4 Å². The number of benzene rings is 2. The van der Waals surface area contributed by atoms with E-state index >= 15 is 0 Å². The van der Waals surface area contributed by atoms with E-state index in [4.69, 9.17) is 9.47 Å². The molecule has 0 spiro atoms. The molecule has 1 amide bonds. The third kappa shape index (κ3) is 3.05. The lowest BCUT2D eigenvalue weighted by molar-refractivity contribution is 0.0729. The Morgan fingerprint density at radius 2 is 1.82 bits per heavy atom. The summed E-state index contributed by atoms with van der Waals surface area (Å²) in [6.45, 7) is 2.03. The zero-order valence-electron chi connectivity index (χ0n) is 15.5. The number of amides is 1. The molecule has 1 saturated heterocycles. The molecule has 0 saturated carbocycles. The number of hydrogen-bond acceptors (Lipinski definition) is 5. The van der Waals surface area contributed by atoms with Crippen LogP contribution in [0.1, 0.15) is 41.4 Å². The Hall–Kier alpha value is -3.15. The van der Waals surface area contributed by atoms with E-state index in [0.29, 0.717) is 25.5 Å². The van der Waals surface area contributed by atoms with Gasteiger partial charge >= 0.3 is 0 Å². The van der Waals surface area contributed by atoms with Gasteiger partial charge in [-0.05, 0) is 42.7 Å². The number of aromatic nitrogens is 2. The highest BCUT2D eigenvalue weighted by molar-refractivity contribution is 5.94. The summed E-state index contributed by atoms with van der Waals surface area (Å²) in [6.07, 6.45) is 4.34. The van der Waals surface area contributed by atoms with Gasteiger partial charge in [0.15, 0.2) is 11.5 Å². The molecule has 1 atom stereocenters. The van der Waals surface area contributed by atoms with Gasteiger partial charge in [-0.15, -0.1) is 0 Å². The predicted octanol–water partition coefficient (Wildman–Crippen LogP) is 3.77. The summed E-state index contributed by atoms with van der Waals surface area (Å²) < 4.78 is 11.6. The summed E-state index contributed by atoms with van der Waals surface area (Å²) >= 11 is 0. The van der Waals surface area contributed by atoms with Crippen molar-refractivity contribution < 1.29 is 14.3 Å². The summed E-state index contributed by atoms with van der Waals surface area (Å²) in [5, 5.41) is 0. The van der Waals surface area contributed by atoms with Crippen LogP contribution in [0.15, 0.2) is 48.7 Å². The Morgan fingerprint density at radius 3 is 2.71 bits per heavy atom. The van der Waals surface area contributed by atoms with Gasteiger partial charge < -0.3 is 14.4 Å². The van der Waals surface area contributed by atoms with E-state index in [1.54, 1.807) is 6.20 Å². The van der Waals surface area contributed by atoms with Crippen molar-refractivity contribution in [3.63, 3.8) is 0 Å². The summed E-state index contributed by atoms with van der Waals surface area (Å²) in [6, 6.07) is 13.6. The molecule has 6 heteroatoms. The fourth-order valence-corrected chi connectivity index (χ4v) is 3.95. The molecular weight excluding hydrogens is 354 g/mol. The van der Waals surface area contributed by atoms with Crippen LogP contribution in [0.3, 0.4) is 0 Å². The smallest absolute Gasteiger partial charge is 0.274 e. The van der Waals surface area contributed by atoms with E-state index in [9.17, 15) is 4.79 Å². The van der Waals surface area contributed by atoms with Crippen molar-refractivity contribution in [2.24, 2.45) is 0 Å². The standard InChI is InChI=1S/C22H21N3O3/c26-22(18-14-23-16-5-1-2-6-17(16)24-18)25-10-3-7-19(25)15-8-9-20-21(13-15)28-12-4-11-27-20/h1-2,5-6,8-9,13-14,19H,3-4,7,10-12H2. The van der Waals surface area contributed by atoms with E-state index < -0.39 is 0 Å². The molecule has 0 bridgehead atoms. The van der Waals surface area contributed by atoms with Crippen molar-refractivity contribution in [3.8, 4) is 11.5 Å². The number of nitrogens with zero attached hydrogens (tertiary/aromatic N) is 3. The molecule has 1 fully saturated rings. The summed E-state index contributed by atoms with van der Waals surface area (Å²) in [4.78, 5) is 24.0. The third-order valence-electron chi connectivity index (χ3n) is 5.34. The summed E-state index contributed by atoms with van der Waals surface area (Å²) in [7, 11) is 0. The second-order valence-electron chi connectivity index (χ2n) is 7.16. The van der Waals surface area contributed by atoms with Gasteiger partial charge in [0.2, 0.25) is 0 Å². The summed E-state index contributed by atoms with van der Waals surface area (Å²) in [5.41, 5.74) is 2.99. The van der Waals surface area contributed by atoms with Gasteiger partial charge in [0.1, 0.15) is 5.69 Å². The first-order valence-electron chi connectivity index (χ1n) is 9.72. The van der Waals surface area contributed by atoms with Crippen molar-refractivity contribution >= 4 is 16.9 Å². The van der Waals surface area contributed by atoms with Gasteiger partial charge in [0.05, 0.1) is 36.5 Å². The Morgan fingerprint density at radius 1 is 1.00 bits per heavy atom. The van der Waals surface area contributed by atoms with E-state index in [1.165, 1.54) is 0 Å². The van der Waals surface area contributed by atoms with Crippen molar-refractivity contribution in [3.05, 3.63) is 59.9 Å². The number of ether oxygens (including phenoxy) is 2. The molecule has 6 nitrogen and oxygen atoms in total. The maximum atomic E-state index is 13.2. The monoisotopic (exact) mass is 375 g/mol. The van der Waals surface area contributed by atoms with Crippen LogP contribution in [0, 0.1) is 0 Å². The van der Waals surface area contributed by atoms with Gasteiger partial charge in [0, 0.05) is 13.0 Å². The Balaban J connectivity index is 1.44. The Labute approximate surface area is 163 Å². The van der Waals surface area contributed by atoms with Crippen molar-refractivity contribution in [2.75, 3.05) is 19.8 Å². The van der Waals surface area contributed by atoms with Crippen LogP contribution in [-0.4, -0.2) is 40.5 Å². The second-order valence-corrected chi connectivity index (χ2v) is 7.16. The number of para-hydroxylation sites is 2. The number of rotatable bonds is 2. The fourth-order valence-electron chi connectivity index (χ4n) is 3.95. The van der Waals surface area contributed by atoms with Crippen LogP contribution in [-0.2, 0) is 0 Å². The quantitative estimate of drug-likeness (QED) is 0.682. The first kappa shape index (κ1) is 17.0. The normalized spacial score (nSPS) is 18.9. The number of fused-ring (bicyclic) bond motifs is 2. The average Bonchev–Trinajstić information content (AvgIpc) is 3.11. The molecule has 2 aromatic carbocycles. The number of carbonyl (C=O) groups is 1. The first-order valence-corrected chi connectivity index (χ1v) is 9.72. The highest BCUT2D eigenvalue weighted by Crippen LogP contribution is 2.38. The van der Waals surface area contributed by atoms with Gasteiger partial charge in [-0.2, -0.15) is 0 Å². The fraction of sp³-hybridized carbons (Fsp3) is 0.318. The predicted molar refractivity (Wildman–Crippen MR) is 105 cm³/mol. The zero-order valence-corrected chi connectivity index (χ0v) is 15.5. The lowest BCUT2D eigenvalue weighted by Gasteiger charge is -2.25. The van der Waals surface area contributed by atoms with Crippen LogP contribution in [0.4, 0.5) is 0 Å². The molecule has 142 valence electrons. The van der Waals surface area contributed by atoms with Gasteiger partial charge in [0.25, 0.3) is 5.91 Å². The minimum Gasteiger partial charge on any atom is -0.490 e. The lowest BCUT2D eigenvalue weighted by atomic mass is 10.0. The molecule has 2 aliphatic rings. The van der Waals surface area contributed by atoms with E-state index in [1.807, 2.05) is 47.4 Å². The van der Waals surface area contributed by atoms with Crippen molar-refractivity contribution in [1.82, 2.24) is 14.9 Å². The largest absolute Gasteiger partial charge is 0.490 e. The molecule has 2 aliphatic heterocycles. The average molecular weight is 375 g/mol. The number of likely N-dealkylation sites (tertiary alicyclic amines) is 1. The van der Waals surface area contributed by atoms with Crippen LogP contribution in [0.5, 0.6) is 11.5 Å². The highest BCUT2D eigenvalue weighted by Gasteiger charge is 2.32. The molecule has 3 heterocycles. The second kappa shape index (κ2) is 7.11. The minimum atomic E-state index is -0.0761. The van der Waals surface area contributed by atoms with E-state index in [2.05, 4.69) is 9.97 Å². The molecule has 3 aromatic rings. The van der Waals surface area contributed by atoms with Gasteiger partial charge in [-0.3, -0.25) is 9.78 Å². The Bertz CT molecular complexity index is 1040. The van der Waals surface area contributed by atoms with Gasteiger partial charge in [-0.1, -0.05) is 18.2 Å². The first-order chi connectivity index (χ1) is 13.8.